The maximum atomic E-state index is 6.22. The molecule has 5 heteroatoms. The smallest absolute Gasteiger partial charge is 0.0449 e. The lowest BCUT2D eigenvalue weighted by atomic mass is 10.1. The molecule has 0 spiro atoms. The van der Waals surface area contributed by atoms with E-state index in [9.17, 15) is 0 Å². The van der Waals surface area contributed by atoms with E-state index in [0.29, 0.717) is 0 Å². The Balaban J connectivity index is 2.62. The van der Waals surface area contributed by atoms with E-state index in [1.807, 2.05) is 30.0 Å². The molecule has 0 amide bonds. The molecule has 0 heterocycles. The van der Waals surface area contributed by atoms with Crippen LogP contribution in [0.15, 0.2) is 22.7 Å². The topological polar surface area (TPSA) is 38.0 Å². The van der Waals surface area contributed by atoms with E-state index in [-0.39, 0.29) is 10.8 Å². The van der Waals surface area contributed by atoms with Gasteiger partial charge in [-0.2, -0.15) is 11.8 Å². The monoisotopic (exact) mass is 350 g/mol. The van der Waals surface area contributed by atoms with Crippen molar-refractivity contribution in [3.8, 4) is 0 Å². The molecule has 1 aromatic carbocycles. The molecule has 0 aliphatic rings. The third kappa shape index (κ3) is 5.93. The lowest BCUT2D eigenvalue weighted by molar-refractivity contribution is 0.573. The molecule has 0 aliphatic heterocycles. The zero-order chi connectivity index (χ0) is 13.8. The summed E-state index contributed by atoms with van der Waals surface area (Å²) in [5.74, 6) is 6.58. The normalized spacial score (nSPS) is 13.7. The van der Waals surface area contributed by atoms with Crippen LogP contribution >= 0.6 is 39.3 Å². The van der Waals surface area contributed by atoms with Crippen LogP contribution in [-0.4, -0.2) is 16.5 Å². The molecule has 1 unspecified atom stereocenters. The maximum absolute atomic E-state index is 6.22. The van der Waals surface area contributed by atoms with Gasteiger partial charge in [-0.3, -0.25) is 11.3 Å². The summed E-state index contributed by atoms with van der Waals surface area (Å²) in [5, 5.41) is 0.783. The Kier molecular flexibility index (Phi) is 6.48. The van der Waals surface area contributed by atoms with Gasteiger partial charge in [-0.15, -0.1) is 0 Å². The highest BCUT2D eigenvalue weighted by molar-refractivity contribution is 9.10. The Morgan fingerprint density at radius 2 is 2.11 bits per heavy atom. The fourth-order valence-corrected chi connectivity index (χ4v) is 3.14. The first kappa shape index (κ1) is 16.3. The molecule has 0 saturated heterocycles. The highest BCUT2D eigenvalue weighted by Crippen LogP contribution is 2.26. The number of nitrogens with two attached hydrogens (primary N) is 1. The molecular weight excluding hydrogens is 332 g/mol. The third-order valence-electron chi connectivity index (χ3n) is 2.43. The van der Waals surface area contributed by atoms with Gasteiger partial charge in [0.25, 0.3) is 0 Å². The summed E-state index contributed by atoms with van der Waals surface area (Å²) in [7, 11) is 0. The van der Waals surface area contributed by atoms with E-state index in [1.54, 1.807) is 0 Å². The standard InChI is InChI=1S/C13H20BrClN2S/c1-13(2,3)18-8-11(17-16)6-9-4-5-10(14)7-12(9)15/h4-5,7,11,17H,6,8,16H2,1-3H3. The summed E-state index contributed by atoms with van der Waals surface area (Å²) in [6.07, 6.45) is 0.839. The summed E-state index contributed by atoms with van der Waals surface area (Å²) in [5.41, 5.74) is 4.00. The molecule has 102 valence electrons. The largest absolute Gasteiger partial charge is 0.271 e. The Labute approximate surface area is 127 Å². The Bertz CT molecular complexity index is 393. The van der Waals surface area contributed by atoms with E-state index in [2.05, 4.69) is 42.1 Å². The molecule has 0 fully saturated rings. The number of hydrogen-bond donors (Lipinski definition) is 2. The number of thioether (sulfide) groups is 1. The molecule has 1 aromatic rings. The molecular formula is C13H20BrClN2S. The molecule has 0 saturated carbocycles. The zero-order valence-corrected chi connectivity index (χ0v) is 14.1. The van der Waals surface area contributed by atoms with E-state index in [4.69, 9.17) is 17.4 Å². The molecule has 0 aliphatic carbocycles. The molecule has 2 nitrogen and oxygen atoms in total. The first-order valence-electron chi connectivity index (χ1n) is 5.86. The number of rotatable bonds is 5. The van der Waals surface area contributed by atoms with Crippen molar-refractivity contribution < 1.29 is 0 Å². The van der Waals surface area contributed by atoms with Crippen molar-refractivity contribution in [1.82, 2.24) is 5.43 Å². The number of nitrogens with one attached hydrogen (secondary N) is 1. The van der Waals surface area contributed by atoms with Crippen LogP contribution in [0.5, 0.6) is 0 Å². The molecule has 0 bridgehead atoms. The van der Waals surface area contributed by atoms with Crippen molar-refractivity contribution in [2.24, 2.45) is 5.84 Å². The zero-order valence-electron chi connectivity index (χ0n) is 11.0. The van der Waals surface area contributed by atoms with Crippen molar-refractivity contribution in [1.29, 1.82) is 0 Å². The Hall–Kier alpha value is 0.260. The maximum Gasteiger partial charge on any atom is 0.0449 e. The molecule has 0 aromatic heterocycles. The third-order valence-corrected chi connectivity index (χ3v) is 4.71. The van der Waals surface area contributed by atoms with Crippen LogP contribution in [0.3, 0.4) is 0 Å². The van der Waals surface area contributed by atoms with Crippen molar-refractivity contribution in [2.75, 3.05) is 5.75 Å². The van der Waals surface area contributed by atoms with Gasteiger partial charge in [-0.1, -0.05) is 54.4 Å². The van der Waals surface area contributed by atoms with Crippen LogP contribution in [0.1, 0.15) is 26.3 Å². The Morgan fingerprint density at radius 1 is 1.44 bits per heavy atom. The van der Waals surface area contributed by atoms with Crippen molar-refractivity contribution in [2.45, 2.75) is 38.0 Å². The molecule has 18 heavy (non-hydrogen) atoms. The summed E-state index contributed by atoms with van der Waals surface area (Å²) in [6, 6.07) is 6.19. The van der Waals surface area contributed by atoms with Gasteiger partial charge >= 0.3 is 0 Å². The second kappa shape index (κ2) is 7.15. The van der Waals surface area contributed by atoms with Crippen LogP contribution in [0.25, 0.3) is 0 Å². The highest BCUT2D eigenvalue weighted by Gasteiger charge is 2.16. The number of hydrogen-bond acceptors (Lipinski definition) is 3. The number of hydrazine groups is 1. The summed E-state index contributed by atoms with van der Waals surface area (Å²) >= 11 is 11.5. The summed E-state index contributed by atoms with van der Waals surface area (Å²) in [4.78, 5) is 0. The fourth-order valence-electron chi connectivity index (χ4n) is 1.47. The van der Waals surface area contributed by atoms with Crippen LogP contribution in [-0.2, 0) is 6.42 Å². The van der Waals surface area contributed by atoms with Gasteiger partial charge in [-0.05, 0) is 24.1 Å². The van der Waals surface area contributed by atoms with Gasteiger partial charge in [0, 0.05) is 26.0 Å². The SMILES string of the molecule is CC(C)(C)SCC(Cc1ccc(Br)cc1Cl)NN. The summed E-state index contributed by atoms with van der Waals surface area (Å²) in [6.45, 7) is 6.62. The van der Waals surface area contributed by atoms with Gasteiger partial charge in [0.05, 0.1) is 0 Å². The van der Waals surface area contributed by atoms with E-state index in [0.717, 1.165) is 27.2 Å². The first-order chi connectivity index (χ1) is 8.31. The number of benzene rings is 1. The second-order valence-electron chi connectivity index (χ2n) is 5.23. The van der Waals surface area contributed by atoms with Crippen LogP contribution in [0.4, 0.5) is 0 Å². The van der Waals surface area contributed by atoms with Gasteiger partial charge in [0.1, 0.15) is 0 Å². The van der Waals surface area contributed by atoms with Gasteiger partial charge in [-0.25, -0.2) is 0 Å². The number of halogens is 2. The predicted molar refractivity (Wildman–Crippen MR) is 86.2 cm³/mol. The minimum Gasteiger partial charge on any atom is -0.271 e. The van der Waals surface area contributed by atoms with Crippen molar-refractivity contribution >= 4 is 39.3 Å². The quantitative estimate of drug-likeness (QED) is 0.622. The molecule has 1 rings (SSSR count). The molecule has 0 radical (unpaired) electrons. The van der Waals surface area contributed by atoms with Crippen LogP contribution in [0.2, 0.25) is 5.02 Å². The van der Waals surface area contributed by atoms with Crippen molar-refractivity contribution in [3.05, 3.63) is 33.3 Å². The highest BCUT2D eigenvalue weighted by atomic mass is 79.9. The average molecular weight is 352 g/mol. The van der Waals surface area contributed by atoms with Crippen LogP contribution in [0, 0.1) is 0 Å². The van der Waals surface area contributed by atoms with Gasteiger partial charge < -0.3 is 0 Å². The van der Waals surface area contributed by atoms with E-state index < -0.39 is 0 Å². The van der Waals surface area contributed by atoms with E-state index in [1.165, 1.54) is 0 Å². The predicted octanol–water partition coefficient (Wildman–Crippen LogP) is 4.01. The van der Waals surface area contributed by atoms with E-state index >= 15 is 0 Å². The lowest BCUT2D eigenvalue weighted by Crippen LogP contribution is -2.39. The Morgan fingerprint density at radius 3 is 2.61 bits per heavy atom. The minimum atomic E-state index is 0.230. The lowest BCUT2D eigenvalue weighted by Gasteiger charge is -2.22. The molecule has 1 atom stereocenters. The fraction of sp³-hybridized carbons (Fsp3) is 0.538. The minimum absolute atomic E-state index is 0.230. The van der Waals surface area contributed by atoms with Crippen molar-refractivity contribution in [3.63, 3.8) is 0 Å². The first-order valence-corrected chi connectivity index (χ1v) is 8.01. The van der Waals surface area contributed by atoms with Crippen LogP contribution < -0.4 is 11.3 Å². The summed E-state index contributed by atoms with van der Waals surface area (Å²) < 4.78 is 1.25. The van der Waals surface area contributed by atoms with Gasteiger partial charge in [0.15, 0.2) is 0 Å². The second-order valence-corrected chi connectivity index (χ2v) is 8.40. The van der Waals surface area contributed by atoms with Gasteiger partial charge in [0.2, 0.25) is 0 Å². The molecule has 3 N–H and O–H groups in total. The average Bonchev–Trinajstić information content (AvgIpc) is 2.25.